The maximum absolute atomic E-state index is 12.2. The van der Waals surface area contributed by atoms with Crippen LogP contribution in [-0.4, -0.2) is 46.6 Å². The molecular weight excluding hydrogens is 406 g/mol. The number of carbonyl (C=O) groups is 1. The number of nitrogens with zero attached hydrogens (tertiary/aromatic N) is 4. The highest BCUT2D eigenvalue weighted by Gasteiger charge is 2.11. The first-order chi connectivity index (χ1) is 14.0. The molecule has 0 aliphatic carbocycles. The predicted molar refractivity (Wildman–Crippen MR) is 119 cm³/mol. The molecule has 152 valence electrons. The summed E-state index contributed by atoms with van der Waals surface area (Å²) in [6.45, 7) is 3.46. The fourth-order valence-corrected chi connectivity index (χ4v) is 3.70. The summed E-state index contributed by atoms with van der Waals surface area (Å²) in [6.07, 6.45) is 2.50. The molecule has 29 heavy (non-hydrogen) atoms. The van der Waals surface area contributed by atoms with E-state index < -0.39 is 0 Å². The summed E-state index contributed by atoms with van der Waals surface area (Å²) >= 11 is 7.57. The van der Waals surface area contributed by atoms with Gasteiger partial charge in [0.1, 0.15) is 6.33 Å². The van der Waals surface area contributed by atoms with Crippen LogP contribution in [0.3, 0.4) is 0 Å². The van der Waals surface area contributed by atoms with Crippen LogP contribution >= 0.6 is 23.4 Å². The summed E-state index contributed by atoms with van der Waals surface area (Å²) in [5.74, 6) is 0.265. The van der Waals surface area contributed by atoms with Crippen molar-refractivity contribution in [3.63, 3.8) is 0 Å². The highest BCUT2D eigenvalue weighted by atomic mass is 35.5. The maximum Gasteiger partial charge on any atom is 0.230 e. The van der Waals surface area contributed by atoms with Crippen molar-refractivity contribution in [3.8, 4) is 5.69 Å². The molecule has 0 spiro atoms. The SMILES string of the molecule is Cc1ccc(-n2cnnc2SCC(=O)NCCCN(C)c2ccccc2)cc1Cl. The topological polar surface area (TPSA) is 63.1 Å². The molecule has 6 nitrogen and oxygen atoms in total. The highest BCUT2D eigenvalue weighted by molar-refractivity contribution is 7.99. The van der Waals surface area contributed by atoms with Gasteiger partial charge in [0, 0.05) is 30.8 Å². The van der Waals surface area contributed by atoms with Crippen LogP contribution in [-0.2, 0) is 4.79 Å². The van der Waals surface area contributed by atoms with Gasteiger partial charge in [0.2, 0.25) is 5.91 Å². The van der Waals surface area contributed by atoms with Crippen molar-refractivity contribution in [2.75, 3.05) is 30.8 Å². The zero-order valence-electron chi connectivity index (χ0n) is 16.5. The standard InChI is InChI=1S/C21H24ClN5OS/c1-16-9-10-18(13-19(16)22)27-15-24-25-21(27)29-14-20(28)23-11-6-12-26(2)17-7-4-3-5-8-17/h3-5,7-10,13,15H,6,11-12,14H2,1-2H3,(H,23,28). The lowest BCUT2D eigenvalue weighted by molar-refractivity contribution is -0.118. The summed E-state index contributed by atoms with van der Waals surface area (Å²) in [7, 11) is 2.05. The zero-order chi connectivity index (χ0) is 20.6. The minimum Gasteiger partial charge on any atom is -0.375 e. The summed E-state index contributed by atoms with van der Waals surface area (Å²) in [4.78, 5) is 14.4. The third kappa shape index (κ3) is 5.98. The second-order valence-electron chi connectivity index (χ2n) is 6.67. The Balaban J connectivity index is 1.43. The molecule has 3 rings (SSSR count). The number of halogens is 1. The van der Waals surface area contributed by atoms with Gasteiger partial charge in [0.05, 0.1) is 11.4 Å². The van der Waals surface area contributed by atoms with Crippen molar-refractivity contribution in [1.82, 2.24) is 20.1 Å². The second kappa shape index (κ2) is 10.3. The Morgan fingerprint density at radius 2 is 2.03 bits per heavy atom. The van der Waals surface area contributed by atoms with Crippen LogP contribution in [0.2, 0.25) is 5.02 Å². The van der Waals surface area contributed by atoms with Gasteiger partial charge in [-0.05, 0) is 43.2 Å². The first-order valence-corrected chi connectivity index (χ1v) is 10.7. The van der Waals surface area contributed by atoms with E-state index in [9.17, 15) is 4.79 Å². The van der Waals surface area contributed by atoms with Crippen LogP contribution < -0.4 is 10.2 Å². The van der Waals surface area contributed by atoms with Crippen LogP contribution in [0.4, 0.5) is 5.69 Å². The molecule has 1 aromatic heterocycles. The summed E-state index contributed by atoms with van der Waals surface area (Å²) < 4.78 is 1.83. The maximum atomic E-state index is 12.2. The van der Waals surface area contributed by atoms with Gasteiger partial charge in [-0.3, -0.25) is 9.36 Å². The number of amides is 1. The van der Waals surface area contributed by atoms with Gasteiger partial charge < -0.3 is 10.2 Å². The first kappa shape index (κ1) is 21.2. The first-order valence-electron chi connectivity index (χ1n) is 9.37. The molecule has 0 aliphatic heterocycles. The Morgan fingerprint density at radius 1 is 1.24 bits per heavy atom. The number of benzene rings is 2. The zero-order valence-corrected chi connectivity index (χ0v) is 18.1. The van der Waals surface area contributed by atoms with Crippen molar-refractivity contribution in [2.24, 2.45) is 0 Å². The van der Waals surface area contributed by atoms with E-state index in [4.69, 9.17) is 11.6 Å². The number of carbonyl (C=O) groups excluding carboxylic acids is 1. The molecule has 0 fully saturated rings. The van der Waals surface area contributed by atoms with Gasteiger partial charge >= 0.3 is 0 Å². The van der Waals surface area contributed by atoms with E-state index >= 15 is 0 Å². The average molecular weight is 430 g/mol. The van der Waals surface area contributed by atoms with Gasteiger partial charge in [-0.2, -0.15) is 0 Å². The molecule has 8 heteroatoms. The fourth-order valence-electron chi connectivity index (χ4n) is 2.77. The normalized spacial score (nSPS) is 10.7. The van der Waals surface area contributed by atoms with Crippen molar-refractivity contribution < 1.29 is 4.79 Å². The van der Waals surface area contributed by atoms with Crippen LogP contribution in [0.5, 0.6) is 0 Å². The minimum atomic E-state index is -0.0196. The van der Waals surface area contributed by atoms with Gasteiger partial charge in [0.15, 0.2) is 5.16 Å². The number of thioether (sulfide) groups is 1. The van der Waals surface area contributed by atoms with E-state index in [0.717, 1.165) is 24.2 Å². The summed E-state index contributed by atoms with van der Waals surface area (Å²) in [5, 5.41) is 12.4. The fraction of sp³-hybridized carbons (Fsp3) is 0.286. The Labute approximate surface area is 180 Å². The van der Waals surface area contributed by atoms with Crippen LogP contribution in [0.1, 0.15) is 12.0 Å². The predicted octanol–water partition coefficient (Wildman–Crippen LogP) is 3.96. The van der Waals surface area contributed by atoms with Crippen molar-refractivity contribution in [2.45, 2.75) is 18.5 Å². The monoisotopic (exact) mass is 429 g/mol. The lowest BCUT2D eigenvalue weighted by atomic mass is 10.2. The van der Waals surface area contributed by atoms with Gasteiger partial charge in [0.25, 0.3) is 0 Å². The lowest BCUT2D eigenvalue weighted by Crippen LogP contribution is -2.29. The van der Waals surface area contributed by atoms with Crippen LogP contribution in [0.15, 0.2) is 60.0 Å². The third-order valence-corrected chi connectivity index (χ3v) is 5.82. The Bertz CT molecular complexity index is 947. The molecule has 0 radical (unpaired) electrons. The van der Waals surface area contributed by atoms with Crippen molar-refractivity contribution in [3.05, 3.63) is 65.4 Å². The van der Waals surface area contributed by atoms with Crippen molar-refractivity contribution >= 4 is 35.0 Å². The molecule has 0 aliphatic rings. The van der Waals surface area contributed by atoms with Crippen LogP contribution in [0, 0.1) is 6.92 Å². The van der Waals surface area contributed by atoms with Gasteiger partial charge in [-0.25, -0.2) is 0 Å². The number of hydrogen-bond donors (Lipinski definition) is 1. The molecule has 1 amide bonds. The largest absolute Gasteiger partial charge is 0.375 e. The summed E-state index contributed by atoms with van der Waals surface area (Å²) in [5.41, 5.74) is 3.05. The van der Waals surface area contributed by atoms with E-state index in [2.05, 4.69) is 39.6 Å². The van der Waals surface area contributed by atoms with E-state index in [1.165, 1.54) is 17.4 Å². The molecule has 0 atom stereocenters. The smallest absolute Gasteiger partial charge is 0.230 e. The molecule has 3 aromatic rings. The molecule has 1 N–H and O–H groups in total. The van der Waals surface area contributed by atoms with Crippen LogP contribution in [0.25, 0.3) is 5.69 Å². The number of aromatic nitrogens is 3. The molecule has 0 saturated heterocycles. The van der Waals surface area contributed by atoms with E-state index in [1.54, 1.807) is 6.33 Å². The molecule has 0 unspecified atom stereocenters. The molecule has 0 bridgehead atoms. The molecular formula is C21H24ClN5OS. The lowest BCUT2D eigenvalue weighted by Gasteiger charge is -2.19. The number of anilines is 1. The number of rotatable bonds is 9. The van der Waals surface area contributed by atoms with Crippen molar-refractivity contribution in [1.29, 1.82) is 0 Å². The van der Waals surface area contributed by atoms with E-state index in [1.807, 2.05) is 47.9 Å². The molecule has 2 aromatic carbocycles. The number of hydrogen-bond acceptors (Lipinski definition) is 5. The third-order valence-electron chi connectivity index (χ3n) is 4.47. The van der Waals surface area contributed by atoms with E-state index in [0.29, 0.717) is 16.7 Å². The Hall–Kier alpha value is -2.51. The highest BCUT2D eigenvalue weighted by Crippen LogP contribution is 2.23. The van der Waals surface area contributed by atoms with Gasteiger partial charge in [-0.1, -0.05) is 47.6 Å². The average Bonchev–Trinajstić information content (AvgIpc) is 3.21. The number of nitrogens with one attached hydrogen (secondary N) is 1. The second-order valence-corrected chi connectivity index (χ2v) is 8.02. The van der Waals surface area contributed by atoms with E-state index in [-0.39, 0.29) is 11.7 Å². The Kier molecular flexibility index (Phi) is 7.55. The quantitative estimate of drug-likeness (QED) is 0.412. The summed E-state index contributed by atoms with van der Waals surface area (Å²) in [6, 6.07) is 16.0. The molecule has 1 heterocycles. The minimum absolute atomic E-state index is 0.0196. The number of para-hydroxylation sites is 1. The van der Waals surface area contributed by atoms with Gasteiger partial charge in [-0.15, -0.1) is 10.2 Å². The number of aryl methyl sites for hydroxylation is 1. The Morgan fingerprint density at radius 3 is 2.79 bits per heavy atom. The molecule has 0 saturated carbocycles.